The van der Waals surface area contributed by atoms with E-state index in [0.717, 1.165) is 27.3 Å². The van der Waals surface area contributed by atoms with E-state index in [4.69, 9.17) is 14.2 Å². The van der Waals surface area contributed by atoms with Gasteiger partial charge < -0.3 is 19.3 Å². The summed E-state index contributed by atoms with van der Waals surface area (Å²) >= 11 is 0. The van der Waals surface area contributed by atoms with Crippen molar-refractivity contribution >= 4 is 47.2 Å². The van der Waals surface area contributed by atoms with Gasteiger partial charge in [0.1, 0.15) is 23.9 Å². The Morgan fingerprint density at radius 2 is 1.52 bits per heavy atom. The maximum atomic E-state index is 15.5. The molecule has 0 spiro atoms. The lowest BCUT2D eigenvalue weighted by Crippen LogP contribution is -2.53. The number of ether oxygens (including phenoxy) is 3. The van der Waals surface area contributed by atoms with Crippen LogP contribution < -0.4 is 24.5 Å². The number of methoxy groups -OCH3 is 2. The Morgan fingerprint density at radius 1 is 0.774 bits per heavy atom. The van der Waals surface area contributed by atoms with E-state index in [1.54, 1.807) is 32.4 Å². The average Bonchev–Trinajstić information content (AvgIpc) is 3.69. The molecule has 0 radical (unpaired) electrons. The standard InChI is InChI=1S/C51H47N3O8/c1-31-13-19-35(20-14-31)52-54-48(57)42-30-41-38(46(39-11-7-8-12-44(39)62-28-27-55)51(42,50(54)59)34-9-5-4-6-10-34)24-25-40-45(41)49(58)53(47(40)56)36-21-16-32(17-22-36)15-18-33-29-37(60-2)23-26-43(33)61-3/h4-24,26,29,40-42,45-46,52,55H,25,27-28,30H2,1-3H3/t40-,41+,42-,45-,46+,51+/m0/s1. The number of carbonyl (C=O) groups excluding carboxylic acids is 4. The lowest BCUT2D eigenvalue weighted by atomic mass is 9.49. The van der Waals surface area contributed by atoms with Crippen molar-refractivity contribution in [2.24, 2.45) is 23.7 Å². The Bertz CT molecular complexity index is 2610. The molecule has 314 valence electrons. The number of fused-ring (bicyclic) bond motifs is 4. The number of amides is 4. The Balaban J connectivity index is 1.12. The molecular weight excluding hydrogens is 783 g/mol. The van der Waals surface area contributed by atoms with Gasteiger partial charge in [0.05, 0.1) is 55.4 Å². The molecule has 2 saturated heterocycles. The van der Waals surface area contributed by atoms with Crippen LogP contribution in [0, 0.1) is 30.6 Å². The van der Waals surface area contributed by atoms with Gasteiger partial charge in [-0.05, 0) is 85.3 Å². The van der Waals surface area contributed by atoms with Gasteiger partial charge in [-0.2, -0.15) is 5.01 Å². The normalized spacial score (nSPS) is 24.1. The average molecular weight is 830 g/mol. The number of allylic oxidation sites excluding steroid dienone is 2. The van der Waals surface area contributed by atoms with E-state index in [-0.39, 0.29) is 37.9 Å². The molecular formula is C51H47N3O8. The number of carbonyl (C=O) groups is 4. The van der Waals surface area contributed by atoms with Crippen LogP contribution in [0.3, 0.4) is 0 Å². The molecule has 4 aliphatic rings. The van der Waals surface area contributed by atoms with Gasteiger partial charge in [0, 0.05) is 17.0 Å². The number of rotatable bonds is 12. The Kier molecular flexibility index (Phi) is 10.7. The van der Waals surface area contributed by atoms with Gasteiger partial charge in [0.2, 0.25) is 11.8 Å². The quantitative estimate of drug-likeness (QED) is 0.0736. The largest absolute Gasteiger partial charge is 0.497 e. The maximum Gasteiger partial charge on any atom is 0.260 e. The summed E-state index contributed by atoms with van der Waals surface area (Å²) in [6, 6.07) is 37.1. The Labute approximate surface area is 360 Å². The van der Waals surface area contributed by atoms with Crippen LogP contribution in [0.15, 0.2) is 133 Å². The minimum atomic E-state index is -1.45. The number of benzene rings is 5. The van der Waals surface area contributed by atoms with Crippen LogP contribution in [0.5, 0.6) is 17.2 Å². The number of nitrogens with zero attached hydrogens (tertiary/aromatic N) is 2. The number of imide groups is 2. The maximum absolute atomic E-state index is 15.5. The SMILES string of the molecule is COc1ccc(OC)c(C=Cc2ccc(N3C(=O)[C@H]4[C@H](CC=C5[C@H]4C[C@H]4C(=O)N(Nc6ccc(C)cc6)C(=O)[C@@]4(c4ccccc4)[C@H]5c4ccccc4OCCO)C3=O)cc2)c1. The van der Waals surface area contributed by atoms with Crippen LogP contribution in [-0.4, -0.2) is 61.2 Å². The van der Waals surface area contributed by atoms with E-state index < -0.39 is 46.8 Å². The third-order valence-corrected chi connectivity index (χ3v) is 13.0. The highest BCUT2D eigenvalue weighted by Crippen LogP contribution is 2.65. The first-order valence-electron chi connectivity index (χ1n) is 20.9. The van der Waals surface area contributed by atoms with Gasteiger partial charge in [-0.15, -0.1) is 0 Å². The molecule has 2 N–H and O–H groups in total. The highest BCUT2D eigenvalue weighted by atomic mass is 16.5. The predicted molar refractivity (Wildman–Crippen MR) is 235 cm³/mol. The smallest absolute Gasteiger partial charge is 0.260 e. The van der Waals surface area contributed by atoms with Gasteiger partial charge in [-0.25, -0.2) is 0 Å². The lowest BCUT2D eigenvalue weighted by molar-refractivity contribution is -0.138. The molecule has 4 amide bonds. The first-order chi connectivity index (χ1) is 30.2. The van der Waals surface area contributed by atoms with Crippen LogP contribution in [0.25, 0.3) is 12.2 Å². The zero-order valence-electron chi connectivity index (χ0n) is 34.7. The minimum absolute atomic E-state index is 0.0123. The number of para-hydroxylation sites is 1. The summed E-state index contributed by atoms with van der Waals surface area (Å²) in [6.07, 6.45) is 6.31. The minimum Gasteiger partial charge on any atom is -0.497 e. The molecule has 0 bridgehead atoms. The van der Waals surface area contributed by atoms with Crippen molar-refractivity contribution < 1.29 is 38.5 Å². The van der Waals surface area contributed by atoms with E-state index in [0.29, 0.717) is 39.8 Å². The van der Waals surface area contributed by atoms with E-state index in [9.17, 15) is 14.7 Å². The van der Waals surface area contributed by atoms with Gasteiger partial charge in [0.25, 0.3) is 11.8 Å². The zero-order valence-corrected chi connectivity index (χ0v) is 34.7. The molecule has 5 aromatic rings. The van der Waals surface area contributed by atoms with Gasteiger partial charge >= 0.3 is 0 Å². The molecule has 6 atom stereocenters. The number of anilines is 2. The van der Waals surface area contributed by atoms with Crippen LogP contribution in [0.1, 0.15) is 46.6 Å². The highest BCUT2D eigenvalue weighted by molar-refractivity contribution is 6.22. The van der Waals surface area contributed by atoms with Gasteiger partial charge in [0.15, 0.2) is 0 Å². The number of aliphatic hydroxyl groups is 1. The third-order valence-electron chi connectivity index (χ3n) is 13.0. The monoisotopic (exact) mass is 829 g/mol. The van der Waals surface area contributed by atoms with Crippen LogP contribution in [-0.2, 0) is 24.6 Å². The molecule has 1 saturated carbocycles. The van der Waals surface area contributed by atoms with Crippen molar-refractivity contribution in [2.75, 3.05) is 37.8 Å². The zero-order chi connectivity index (χ0) is 43.1. The van der Waals surface area contributed by atoms with Gasteiger partial charge in [-0.3, -0.25) is 29.5 Å². The summed E-state index contributed by atoms with van der Waals surface area (Å²) < 4.78 is 17.1. The number of aliphatic hydroxyl groups excluding tert-OH is 1. The molecule has 2 aliphatic carbocycles. The van der Waals surface area contributed by atoms with Crippen molar-refractivity contribution in [3.63, 3.8) is 0 Å². The summed E-state index contributed by atoms with van der Waals surface area (Å²) in [5.74, 6) is -3.28. The van der Waals surface area contributed by atoms with Crippen LogP contribution in [0.2, 0.25) is 0 Å². The molecule has 2 heterocycles. The van der Waals surface area contributed by atoms with Crippen LogP contribution in [0.4, 0.5) is 11.4 Å². The number of hydrogen-bond donors (Lipinski definition) is 2. The molecule has 3 fully saturated rings. The van der Waals surface area contributed by atoms with Crippen molar-refractivity contribution in [3.05, 3.63) is 161 Å². The summed E-state index contributed by atoms with van der Waals surface area (Å²) in [4.78, 5) is 61.2. The van der Waals surface area contributed by atoms with Crippen molar-refractivity contribution in [2.45, 2.75) is 31.1 Å². The summed E-state index contributed by atoms with van der Waals surface area (Å²) in [5.41, 5.74) is 7.58. The summed E-state index contributed by atoms with van der Waals surface area (Å²) in [5, 5.41) is 11.0. The number of aryl methyl sites for hydroxylation is 1. The first kappa shape index (κ1) is 40.4. The number of nitrogens with one attached hydrogen (secondary N) is 1. The number of hydrogen-bond acceptors (Lipinski definition) is 9. The Hall–Kier alpha value is -6.98. The summed E-state index contributed by atoms with van der Waals surface area (Å²) in [7, 11) is 3.22. The van der Waals surface area contributed by atoms with Crippen molar-refractivity contribution in [3.8, 4) is 17.2 Å². The lowest BCUT2D eigenvalue weighted by Gasteiger charge is -2.50. The molecule has 11 heteroatoms. The second-order valence-corrected chi connectivity index (χ2v) is 16.2. The van der Waals surface area contributed by atoms with Crippen molar-refractivity contribution in [1.82, 2.24) is 5.01 Å². The predicted octanol–water partition coefficient (Wildman–Crippen LogP) is 7.74. The van der Waals surface area contributed by atoms with Gasteiger partial charge in [-0.1, -0.05) is 102 Å². The second kappa shape index (κ2) is 16.5. The fourth-order valence-electron chi connectivity index (χ4n) is 10.2. The molecule has 62 heavy (non-hydrogen) atoms. The fraction of sp³-hybridized carbons (Fsp3) is 0.255. The van der Waals surface area contributed by atoms with E-state index in [1.807, 2.05) is 128 Å². The fourth-order valence-corrected chi connectivity index (χ4v) is 10.2. The molecule has 5 aromatic carbocycles. The Morgan fingerprint density at radius 3 is 2.24 bits per heavy atom. The van der Waals surface area contributed by atoms with E-state index in [2.05, 4.69) is 5.43 Å². The molecule has 0 unspecified atom stereocenters. The first-order valence-corrected chi connectivity index (χ1v) is 20.9. The topological polar surface area (TPSA) is 135 Å². The van der Waals surface area contributed by atoms with Crippen LogP contribution >= 0.6 is 0 Å². The number of hydrazine groups is 1. The van der Waals surface area contributed by atoms with Crippen molar-refractivity contribution in [1.29, 1.82) is 0 Å². The summed E-state index contributed by atoms with van der Waals surface area (Å²) in [6.45, 7) is 1.75. The molecule has 0 aromatic heterocycles. The third kappa shape index (κ3) is 6.64. The van der Waals surface area contributed by atoms with E-state index >= 15 is 9.59 Å². The second-order valence-electron chi connectivity index (χ2n) is 16.2. The molecule has 9 rings (SSSR count). The molecule has 11 nitrogen and oxygen atoms in total. The highest BCUT2D eigenvalue weighted by Gasteiger charge is 2.70. The molecule has 2 aliphatic heterocycles. The van der Waals surface area contributed by atoms with E-state index in [1.165, 1.54) is 4.90 Å².